The lowest BCUT2D eigenvalue weighted by Crippen LogP contribution is -2.39. The molecule has 4 rings (SSSR count). The number of anilines is 1. The predicted octanol–water partition coefficient (Wildman–Crippen LogP) is 4.10. The van der Waals surface area contributed by atoms with Crippen molar-refractivity contribution in [3.05, 3.63) is 29.8 Å². The van der Waals surface area contributed by atoms with Gasteiger partial charge in [0.1, 0.15) is 0 Å². The Morgan fingerprint density at radius 3 is 2.43 bits per heavy atom. The second kappa shape index (κ2) is 5.64. The molecule has 2 heteroatoms. The number of para-hydroxylation sites is 1. The van der Waals surface area contributed by atoms with Crippen LogP contribution in [0, 0.1) is 5.41 Å². The van der Waals surface area contributed by atoms with Crippen LogP contribution in [0.25, 0.3) is 0 Å². The van der Waals surface area contributed by atoms with Crippen LogP contribution in [0.3, 0.4) is 0 Å². The van der Waals surface area contributed by atoms with E-state index in [2.05, 4.69) is 34.5 Å². The standard InChI is InChI=1S/C19H28N2/c1-2-6-18(16(5-1)15-20-17-7-8-17)21-13-11-19(12-14-21)9-3-4-10-19/h1-2,5-6,17,20H,3-4,7-15H2. The summed E-state index contributed by atoms with van der Waals surface area (Å²) in [5.74, 6) is 0. The van der Waals surface area contributed by atoms with Crippen molar-refractivity contribution in [3.63, 3.8) is 0 Å². The molecule has 2 aliphatic carbocycles. The number of hydrogen-bond acceptors (Lipinski definition) is 2. The Hall–Kier alpha value is -1.02. The van der Waals surface area contributed by atoms with Gasteiger partial charge in [0.2, 0.25) is 0 Å². The number of benzene rings is 1. The van der Waals surface area contributed by atoms with E-state index in [1.54, 1.807) is 0 Å². The van der Waals surface area contributed by atoms with Gasteiger partial charge in [0.15, 0.2) is 0 Å². The number of hydrogen-bond donors (Lipinski definition) is 1. The van der Waals surface area contributed by atoms with Crippen molar-refractivity contribution < 1.29 is 0 Å². The summed E-state index contributed by atoms with van der Waals surface area (Å²) in [7, 11) is 0. The predicted molar refractivity (Wildman–Crippen MR) is 88.7 cm³/mol. The molecule has 2 nitrogen and oxygen atoms in total. The van der Waals surface area contributed by atoms with E-state index in [9.17, 15) is 0 Å². The van der Waals surface area contributed by atoms with E-state index in [4.69, 9.17) is 0 Å². The first kappa shape index (κ1) is 13.6. The second-order valence-corrected chi connectivity index (χ2v) is 7.48. The summed E-state index contributed by atoms with van der Waals surface area (Å²) < 4.78 is 0. The Bertz CT molecular complexity index is 476. The molecule has 0 radical (unpaired) electrons. The van der Waals surface area contributed by atoms with Gasteiger partial charge in [-0.05, 0) is 55.6 Å². The quantitative estimate of drug-likeness (QED) is 0.895. The van der Waals surface area contributed by atoms with Gasteiger partial charge in [-0.1, -0.05) is 31.0 Å². The van der Waals surface area contributed by atoms with Gasteiger partial charge in [0.05, 0.1) is 0 Å². The first-order valence-corrected chi connectivity index (χ1v) is 8.91. The number of rotatable bonds is 4. The van der Waals surface area contributed by atoms with Crippen LogP contribution in [0.4, 0.5) is 5.69 Å². The van der Waals surface area contributed by atoms with E-state index in [0.717, 1.165) is 18.0 Å². The summed E-state index contributed by atoms with van der Waals surface area (Å²) in [6, 6.07) is 9.83. The zero-order chi connectivity index (χ0) is 14.1. The zero-order valence-corrected chi connectivity index (χ0v) is 13.1. The monoisotopic (exact) mass is 284 g/mol. The Morgan fingerprint density at radius 2 is 1.71 bits per heavy atom. The van der Waals surface area contributed by atoms with E-state index in [0.29, 0.717) is 0 Å². The van der Waals surface area contributed by atoms with Crippen LogP contribution in [-0.2, 0) is 6.54 Å². The lowest BCUT2D eigenvalue weighted by Gasteiger charge is -2.41. The van der Waals surface area contributed by atoms with Gasteiger partial charge >= 0.3 is 0 Å². The lowest BCUT2D eigenvalue weighted by molar-refractivity contribution is 0.226. The molecule has 0 aromatic heterocycles. The largest absolute Gasteiger partial charge is 0.371 e. The van der Waals surface area contributed by atoms with Crippen LogP contribution in [0.1, 0.15) is 56.9 Å². The van der Waals surface area contributed by atoms with E-state index in [1.807, 2.05) is 0 Å². The van der Waals surface area contributed by atoms with Gasteiger partial charge < -0.3 is 10.2 Å². The third-order valence-corrected chi connectivity index (χ3v) is 5.98. The number of nitrogens with one attached hydrogen (secondary N) is 1. The van der Waals surface area contributed by atoms with Crippen LogP contribution in [-0.4, -0.2) is 19.1 Å². The maximum atomic E-state index is 3.67. The molecule has 0 unspecified atom stereocenters. The highest BCUT2D eigenvalue weighted by molar-refractivity contribution is 5.54. The number of piperidine rings is 1. The maximum Gasteiger partial charge on any atom is 0.0411 e. The highest BCUT2D eigenvalue weighted by Crippen LogP contribution is 2.46. The summed E-state index contributed by atoms with van der Waals surface area (Å²) in [5, 5.41) is 3.67. The van der Waals surface area contributed by atoms with Crippen LogP contribution < -0.4 is 10.2 Å². The van der Waals surface area contributed by atoms with E-state index >= 15 is 0 Å². The minimum absolute atomic E-state index is 0.720. The molecule has 1 spiro atoms. The van der Waals surface area contributed by atoms with Gasteiger partial charge in [-0.15, -0.1) is 0 Å². The minimum Gasteiger partial charge on any atom is -0.371 e. The van der Waals surface area contributed by atoms with Gasteiger partial charge in [0, 0.05) is 31.4 Å². The molecule has 3 fully saturated rings. The molecule has 0 bridgehead atoms. The maximum absolute atomic E-state index is 3.67. The SMILES string of the molecule is c1ccc(N2CCC3(CCCC3)CC2)c(CNC2CC2)c1. The van der Waals surface area contributed by atoms with Crippen molar-refractivity contribution in [3.8, 4) is 0 Å². The Morgan fingerprint density at radius 1 is 1.00 bits per heavy atom. The van der Waals surface area contributed by atoms with Crippen LogP contribution in [0.15, 0.2) is 24.3 Å². The summed E-state index contributed by atoms with van der Waals surface area (Å²) >= 11 is 0. The molecule has 1 aliphatic heterocycles. The topological polar surface area (TPSA) is 15.3 Å². The van der Waals surface area contributed by atoms with Crippen molar-refractivity contribution in [2.24, 2.45) is 5.41 Å². The van der Waals surface area contributed by atoms with Gasteiger partial charge in [-0.25, -0.2) is 0 Å². The molecule has 0 amide bonds. The molecule has 21 heavy (non-hydrogen) atoms. The number of nitrogens with zero attached hydrogens (tertiary/aromatic N) is 1. The second-order valence-electron chi connectivity index (χ2n) is 7.48. The van der Waals surface area contributed by atoms with Gasteiger partial charge in [-0.3, -0.25) is 0 Å². The summed E-state index contributed by atoms with van der Waals surface area (Å²) in [6.45, 7) is 3.57. The van der Waals surface area contributed by atoms with E-state index < -0.39 is 0 Å². The van der Waals surface area contributed by atoms with E-state index in [1.165, 1.54) is 75.7 Å². The molecule has 0 atom stereocenters. The molecular formula is C19H28N2. The molecule has 1 aromatic carbocycles. The van der Waals surface area contributed by atoms with Crippen molar-refractivity contribution in [1.29, 1.82) is 0 Å². The molecule has 1 heterocycles. The van der Waals surface area contributed by atoms with Crippen LogP contribution in [0.5, 0.6) is 0 Å². The minimum atomic E-state index is 0.720. The van der Waals surface area contributed by atoms with Gasteiger partial charge in [0.25, 0.3) is 0 Å². The van der Waals surface area contributed by atoms with Crippen LogP contribution in [0.2, 0.25) is 0 Å². The molecule has 1 saturated heterocycles. The van der Waals surface area contributed by atoms with Crippen LogP contribution >= 0.6 is 0 Å². The summed E-state index contributed by atoms with van der Waals surface area (Å²) in [4.78, 5) is 2.65. The summed E-state index contributed by atoms with van der Waals surface area (Å²) in [6.07, 6.45) is 11.5. The van der Waals surface area contributed by atoms with Crippen molar-refractivity contribution in [2.45, 2.75) is 64.0 Å². The molecule has 3 aliphatic rings. The molecule has 1 aromatic rings. The third kappa shape index (κ3) is 2.96. The molecule has 114 valence electrons. The Kier molecular flexibility index (Phi) is 3.66. The van der Waals surface area contributed by atoms with Gasteiger partial charge in [-0.2, -0.15) is 0 Å². The third-order valence-electron chi connectivity index (χ3n) is 5.98. The molecular weight excluding hydrogens is 256 g/mol. The van der Waals surface area contributed by atoms with Crippen molar-refractivity contribution in [1.82, 2.24) is 5.32 Å². The normalized spacial score (nSPS) is 24.7. The average molecular weight is 284 g/mol. The van der Waals surface area contributed by atoms with Crippen molar-refractivity contribution in [2.75, 3.05) is 18.0 Å². The van der Waals surface area contributed by atoms with Crippen molar-refractivity contribution >= 4 is 5.69 Å². The fourth-order valence-electron chi connectivity index (χ4n) is 4.36. The molecule has 1 N–H and O–H groups in total. The Labute approximate surface area is 128 Å². The fraction of sp³-hybridized carbons (Fsp3) is 0.684. The first-order valence-electron chi connectivity index (χ1n) is 8.91. The lowest BCUT2D eigenvalue weighted by atomic mass is 9.77. The average Bonchev–Trinajstić information content (AvgIpc) is 3.26. The zero-order valence-electron chi connectivity index (χ0n) is 13.1. The van der Waals surface area contributed by atoms with E-state index in [-0.39, 0.29) is 0 Å². The smallest absolute Gasteiger partial charge is 0.0411 e. The highest BCUT2D eigenvalue weighted by Gasteiger charge is 2.37. The fourth-order valence-corrected chi connectivity index (χ4v) is 4.36. The molecule has 2 saturated carbocycles. The first-order chi connectivity index (χ1) is 10.3. The summed E-state index contributed by atoms with van der Waals surface area (Å²) in [5.41, 5.74) is 3.70. The highest BCUT2D eigenvalue weighted by atomic mass is 15.1. The Balaban J connectivity index is 1.43.